The van der Waals surface area contributed by atoms with E-state index in [9.17, 15) is 14.0 Å². The largest absolute Gasteiger partial charge is 0.332 e. The van der Waals surface area contributed by atoms with Crippen molar-refractivity contribution in [1.29, 1.82) is 0 Å². The highest BCUT2D eigenvalue weighted by molar-refractivity contribution is 6.02. The fourth-order valence-electron chi connectivity index (χ4n) is 3.41. The molecule has 8 nitrogen and oxygen atoms in total. The molecule has 1 aliphatic rings. The number of hydrogen-bond donors (Lipinski definition) is 0. The normalized spacial score (nSPS) is 13.9. The van der Waals surface area contributed by atoms with Crippen molar-refractivity contribution < 1.29 is 4.39 Å². The zero-order valence-electron chi connectivity index (χ0n) is 16.2. The van der Waals surface area contributed by atoms with Gasteiger partial charge in [0.15, 0.2) is 11.2 Å². The minimum atomic E-state index is -0.428. The SMILES string of the molecule is CC(C)CN1N=C(c2ccc(F)cc2)Cn2c1nc1c2c(=O)n(C)c(=O)n1C. The molecule has 0 spiro atoms. The number of halogens is 1. The fraction of sp³-hybridized carbons (Fsp3) is 0.368. The summed E-state index contributed by atoms with van der Waals surface area (Å²) < 4.78 is 17.6. The van der Waals surface area contributed by atoms with E-state index in [2.05, 4.69) is 18.8 Å². The Morgan fingerprint density at radius 1 is 1.11 bits per heavy atom. The summed E-state index contributed by atoms with van der Waals surface area (Å²) in [6.45, 7) is 5.01. The van der Waals surface area contributed by atoms with Crippen LogP contribution in [0.15, 0.2) is 39.0 Å². The lowest BCUT2D eigenvalue weighted by Gasteiger charge is -2.27. The van der Waals surface area contributed by atoms with Gasteiger partial charge in [0.25, 0.3) is 5.56 Å². The molecule has 0 N–H and O–H groups in total. The first-order valence-corrected chi connectivity index (χ1v) is 9.05. The molecule has 0 aliphatic carbocycles. The number of nitrogens with zero attached hydrogens (tertiary/aromatic N) is 6. The van der Waals surface area contributed by atoms with Gasteiger partial charge in [0.05, 0.1) is 12.3 Å². The van der Waals surface area contributed by atoms with Gasteiger partial charge in [0, 0.05) is 20.6 Å². The van der Waals surface area contributed by atoms with Gasteiger partial charge in [0.2, 0.25) is 5.95 Å². The van der Waals surface area contributed by atoms with E-state index >= 15 is 0 Å². The van der Waals surface area contributed by atoms with Crippen LogP contribution >= 0.6 is 0 Å². The predicted octanol–water partition coefficient (Wildman–Crippen LogP) is 1.45. The van der Waals surface area contributed by atoms with Gasteiger partial charge in [-0.3, -0.25) is 18.5 Å². The molecule has 9 heteroatoms. The van der Waals surface area contributed by atoms with Crippen molar-refractivity contribution >= 4 is 22.8 Å². The van der Waals surface area contributed by atoms with Gasteiger partial charge in [-0.05, 0) is 23.6 Å². The van der Waals surface area contributed by atoms with Crippen LogP contribution in [-0.4, -0.2) is 30.9 Å². The Bertz CT molecular complexity index is 1220. The third kappa shape index (κ3) is 2.74. The van der Waals surface area contributed by atoms with Crippen LogP contribution in [0.5, 0.6) is 0 Å². The Kier molecular flexibility index (Phi) is 4.17. The van der Waals surface area contributed by atoms with Gasteiger partial charge in [-0.2, -0.15) is 10.1 Å². The Labute approximate surface area is 160 Å². The molecule has 0 radical (unpaired) electrons. The first kappa shape index (κ1) is 18.1. The highest BCUT2D eigenvalue weighted by atomic mass is 19.1. The number of anilines is 1. The second-order valence-corrected chi connectivity index (χ2v) is 7.41. The summed E-state index contributed by atoms with van der Waals surface area (Å²) in [4.78, 5) is 29.7. The molecule has 0 saturated heterocycles. The summed E-state index contributed by atoms with van der Waals surface area (Å²) in [5.74, 6) is 0.487. The Balaban J connectivity index is 1.96. The molecule has 0 amide bonds. The van der Waals surface area contributed by atoms with Crippen LogP contribution in [0.25, 0.3) is 11.2 Å². The number of aromatic nitrogens is 4. The monoisotopic (exact) mass is 384 g/mol. The number of aryl methyl sites for hydroxylation is 1. The fourth-order valence-corrected chi connectivity index (χ4v) is 3.41. The molecule has 0 atom stereocenters. The van der Waals surface area contributed by atoms with Crippen LogP contribution in [0.1, 0.15) is 19.4 Å². The molecule has 0 fully saturated rings. The number of hydrogen-bond acceptors (Lipinski definition) is 5. The zero-order valence-corrected chi connectivity index (χ0v) is 16.2. The van der Waals surface area contributed by atoms with Gasteiger partial charge in [-0.15, -0.1) is 0 Å². The molecule has 1 aromatic carbocycles. The molecule has 0 saturated carbocycles. The average Bonchev–Trinajstić information content (AvgIpc) is 3.05. The lowest BCUT2D eigenvalue weighted by atomic mass is 10.1. The van der Waals surface area contributed by atoms with Crippen LogP contribution in [0.3, 0.4) is 0 Å². The molecular weight excluding hydrogens is 363 g/mol. The van der Waals surface area contributed by atoms with Crippen LogP contribution in [0.2, 0.25) is 0 Å². The lowest BCUT2D eigenvalue weighted by molar-refractivity contribution is 0.594. The maximum Gasteiger partial charge on any atom is 0.332 e. The first-order chi connectivity index (χ1) is 13.3. The van der Waals surface area contributed by atoms with E-state index in [1.54, 1.807) is 28.8 Å². The van der Waals surface area contributed by atoms with Crippen LogP contribution in [0, 0.1) is 11.7 Å². The van der Waals surface area contributed by atoms with Crippen molar-refractivity contribution in [3.8, 4) is 0 Å². The Morgan fingerprint density at radius 2 is 1.79 bits per heavy atom. The van der Waals surface area contributed by atoms with E-state index in [0.717, 1.165) is 10.1 Å². The number of hydrazone groups is 1. The maximum atomic E-state index is 13.3. The van der Waals surface area contributed by atoms with Crippen LogP contribution in [-0.2, 0) is 20.6 Å². The standard InChI is InChI=1S/C19H21FN6O2/c1-11(2)9-26-18-21-16-15(17(27)24(4)19(28)23(16)3)25(18)10-14(22-26)12-5-7-13(20)8-6-12/h5-8,11H,9-10H2,1-4H3. The van der Waals surface area contributed by atoms with Crippen LogP contribution < -0.4 is 16.3 Å². The Morgan fingerprint density at radius 3 is 2.43 bits per heavy atom. The third-order valence-corrected chi connectivity index (χ3v) is 4.82. The molecule has 28 heavy (non-hydrogen) atoms. The van der Waals surface area contributed by atoms with Gasteiger partial charge in [-0.1, -0.05) is 26.0 Å². The van der Waals surface area contributed by atoms with Crippen molar-refractivity contribution in [2.45, 2.75) is 20.4 Å². The summed E-state index contributed by atoms with van der Waals surface area (Å²) in [5, 5.41) is 6.46. The molecule has 0 unspecified atom stereocenters. The van der Waals surface area contributed by atoms with Crippen LogP contribution in [0.4, 0.5) is 10.3 Å². The van der Waals surface area contributed by atoms with Crippen molar-refractivity contribution in [1.82, 2.24) is 18.7 Å². The lowest BCUT2D eigenvalue weighted by Crippen LogP contribution is -2.38. The second-order valence-electron chi connectivity index (χ2n) is 7.41. The summed E-state index contributed by atoms with van der Waals surface area (Å²) in [6.07, 6.45) is 0. The van der Waals surface area contributed by atoms with Crippen molar-refractivity contribution in [3.05, 3.63) is 56.5 Å². The van der Waals surface area contributed by atoms with Gasteiger partial charge < -0.3 is 0 Å². The number of benzene rings is 1. The summed E-state index contributed by atoms with van der Waals surface area (Å²) >= 11 is 0. The number of imidazole rings is 1. The van der Waals surface area contributed by atoms with E-state index in [4.69, 9.17) is 5.10 Å². The quantitative estimate of drug-likeness (QED) is 0.685. The van der Waals surface area contributed by atoms with E-state index in [0.29, 0.717) is 35.9 Å². The van der Waals surface area contributed by atoms with Gasteiger partial charge >= 0.3 is 5.69 Å². The third-order valence-electron chi connectivity index (χ3n) is 4.82. The average molecular weight is 384 g/mol. The Hall–Kier alpha value is -3.23. The predicted molar refractivity (Wildman–Crippen MR) is 105 cm³/mol. The van der Waals surface area contributed by atoms with E-state index < -0.39 is 11.2 Å². The van der Waals surface area contributed by atoms with Crippen molar-refractivity contribution in [2.24, 2.45) is 25.1 Å². The number of rotatable bonds is 3. The van der Waals surface area contributed by atoms with E-state index in [1.165, 1.54) is 23.7 Å². The molecular formula is C19H21FN6O2. The van der Waals surface area contributed by atoms with Gasteiger partial charge in [0.1, 0.15) is 5.82 Å². The topological polar surface area (TPSA) is 77.4 Å². The van der Waals surface area contributed by atoms with E-state index in [1.807, 2.05) is 0 Å². The summed E-state index contributed by atoms with van der Waals surface area (Å²) in [7, 11) is 3.05. The summed E-state index contributed by atoms with van der Waals surface area (Å²) in [5.41, 5.74) is 1.31. The highest BCUT2D eigenvalue weighted by Gasteiger charge is 2.28. The molecule has 1 aliphatic heterocycles. The smallest absolute Gasteiger partial charge is 0.297 e. The minimum Gasteiger partial charge on any atom is -0.297 e. The first-order valence-electron chi connectivity index (χ1n) is 9.05. The molecule has 0 bridgehead atoms. The van der Waals surface area contributed by atoms with Gasteiger partial charge in [-0.25, -0.2) is 14.2 Å². The van der Waals surface area contributed by atoms with Crippen molar-refractivity contribution in [2.75, 3.05) is 11.6 Å². The minimum absolute atomic E-state index is 0.288. The highest BCUT2D eigenvalue weighted by Crippen LogP contribution is 2.26. The number of fused-ring (bicyclic) bond motifs is 3. The summed E-state index contributed by atoms with van der Waals surface area (Å²) in [6, 6.07) is 6.10. The van der Waals surface area contributed by atoms with Crippen molar-refractivity contribution in [3.63, 3.8) is 0 Å². The second kappa shape index (κ2) is 6.43. The maximum absolute atomic E-state index is 13.3. The molecule has 2 aromatic heterocycles. The zero-order chi connectivity index (χ0) is 20.2. The molecule has 4 rings (SSSR count). The molecule has 146 valence electrons. The molecule has 3 aromatic rings. The molecule has 3 heterocycles. The van der Waals surface area contributed by atoms with E-state index in [-0.39, 0.29) is 11.7 Å².